The Morgan fingerprint density at radius 2 is 2.41 bits per heavy atom. The number of rotatable bonds is 6. The minimum atomic E-state index is 0.0468. The van der Waals surface area contributed by atoms with Crippen molar-refractivity contribution in [2.45, 2.75) is 19.8 Å². The first-order valence-corrected chi connectivity index (χ1v) is 6.49. The molecule has 1 atom stereocenters. The van der Waals surface area contributed by atoms with Gasteiger partial charge in [0.1, 0.15) is 0 Å². The van der Waals surface area contributed by atoms with E-state index in [1.807, 2.05) is 4.90 Å². The monoisotopic (exact) mass is 239 g/mol. The molecule has 17 heavy (non-hydrogen) atoms. The van der Waals surface area contributed by atoms with Crippen LogP contribution in [0.1, 0.15) is 19.8 Å². The molecule has 0 aliphatic carbocycles. The predicted molar refractivity (Wildman–Crippen MR) is 71.1 cm³/mol. The fraction of sp³-hybridized carbons (Fsp3) is 0.769. The summed E-state index contributed by atoms with van der Waals surface area (Å²) in [6, 6.07) is 0.0468. The maximum atomic E-state index is 11.7. The summed E-state index contributed by atoms with van der Waals surface area (Å²) in [5.41, 5.74) is 0. The quantitative estimate of drug-likeness (QED) is 0.714. The molecule has 4 nitrogen and oxygen atoms in total. The molecule has 1 unspecified atom stereocenters. The molecule has 1 N–H and O–H groups in total. The van der Waals surface area contributed by atoms with Crippen molar-refractivity contribution >= 4 is 6.03 Å². The van der Waals surface area contributed by atoms with Crippen molar-refractivity contribution in [2.24, 2.45) is 5.92 Å². The zero-order valence-corrected chi connectivity index (χ0v) is 11.1. The van der Waals surface area contributed by atoms with Crippen LogP contribution in [0.25, 0.3) is 0 Å². The Bertz CT molecular complexity index is 255. The lowest BCUT2D eigenvalue weighted by atomic mass is 10.1. The molecule has 98 valence electrons. The van der Waals surface area contributed by atoms with E-state index in [0.29, 0.717) is 12.5 Å². The van der Waals surface area contributed by atoms with Gasteiger partial charge < -0.3 is 15.1 Å². The topological polar surface area (TPSA) is 35.6 Å². The van der Waals surface area contributed by atoms with Gasteiger partial charge in [0.2, 0.25) is 0 Å². The van der Waals surface area contributed by atoms with Gasteiger partial charge in [-0.3, -0.25) is 0 Å². The van der Waals surface area contributed by atoms with Crippen LogP contribution in [0.3, 0.4) is 0 Å². The molecule has 0 bridgehead atoms. The Kier molecular flexibility index (Phi) is 6.05. The van der Waals surface area contributed by atoms with Crippen LogP contribution in [0.5, 0.6) is 0 Å². The number of carbonyl (C=O) groups is 1. The molecule has 1 aliphatic rings. The van der Waals surface area contributed by atoms with Gasteiger partial charge in [0.15, 0.2) is 0 Å². The number of nitrogens with zero attached hydrogens (tertiary/aromatic N) is 2. The van der Waals surface area contributed by atoms with Gasteiger partial charge in [-0.2, -0.15) is 0 Å². The Labute approximate surface area is 105 Å². The van der Waals surface area contributed by atoms with Gasteiger partial charge in [-0.1, -0.05) is 13.0 Å². The molecule has 0 aromatic carbocycles. The van der Waals surface area contributed by atoms with Crippen molar-refractivity contribution in [3.8, 4) is 0 Å². The first-order chi connectivity index (χ1) is 8.17. The fourth-order valence-corrected chi connectivity index (χ4v) is 2.35. The first kappa shape index (κ1) is 14.0. The Balaban J connectivity index is 2.26. The molecule has 1 heterocycles. The molecular formula is C13H25N3O. The second-order valence-corrected chi connectivity index (χ2v) is 4.84. The van der Waals surface area contributed by atoms with Gasteiger partial charge in [-0.25, -0.2) is 4.79 Å². The zero-order chi connectivity index (χ0) is 12.7. The van der Waals surface area contributed by atoms with Crippen molar-refractivity contribution < 1.29 is 4.79 Å². The number of urea groups is 1. The van der Waals surface area contributed by atoms with Crippen molar-refractivity contribution in [3.63, 3.8) is 0 Å². The number of nitrogens with one attached hydrogen (secondary N) is 1. The van der Waals surface area contributed by atoms with E-state index in [9.17, 15) is 4.79 Å². The Morgan fingerprint density at radius 3 is 3.06 bits per heavy atom. The van der Waals surface area contributed by atoms with Crippen molar-refractivity contribution in [1.29, 1.82) is 0 Å². The van der Waals surface area contributed by atoms with Gasteiger partial charge in [0.25, 0.3) is 0 Å². The van der Waals surface area contributed by atoms with Crippen LogP contribution < -0.4 is 5.32 Å². The molecule has 0 saturated carbocycles. The highest BCUT2D eigenvalue weighted by Gasteiger charge is 2.26. The standard InChI is InChI=1S/C13H25N3O/c1-4-7-14-13(17)16-9-6-12(11-16)10-15(3)8-5-2/h4,12H,1,5-11H2,2-3H3,(H,14,17). The molecule has 4 heteroatoms. The molecule has 1 fully saturated rings. The zero-order valence-electron chi connectivity index (χ0n) is 11.1. The molecule has 0 aromatic rings. The van der Waals surface area contributed by atoms with Crippen molar-refractivity contribution in [2.75, 3.05) is 39.8 Å². The normalized spacial score (nSPS) is 19.7. The van der Waals surface area contributed by atoms with E-state index < -0.39 is 0 Å². The third-order valence-electron chi connectivity index (χ3n) is 3.15. The summed E-state index contributed by atoms with van der Waals surface area (Å²) in [6.45, 7) is 10.3. The van der Waals surface area contributed by atoms with Crippen molar-refractivity contribution in [3.05, 3.63) is 12.7 Å². The largest absolute Gasteiger partial charge is 0.335 e. The minimum absolute atomic E-state index is 0.0468. The highest BCUT2D eigenvalue weighted by Crippen LogP contribution is 2.17. The molecule has 0 radical (unpaired) electrons. The molecule has 0 spiro atoms. The second kappa shape index (κ2) is 7.33. The summed E-state index contributed by atoms with van der Waals surface area (Å²) in [5.74, 6) is 0.626. The summed E-state index contributed by atoms with van der Waals surface area (Å²) in [7, 11) is 2.16. The number of amides is 2. The Hall–Kier alpha value is -1.03. The van der Waals surface area contributed by atoms with Crippen LogP contribution in [0.2, 0.25) is 0 Å². The van der Waals surface area contributed by atoms with Crippen LogP contribution in [0.4, 0.5) is 4.79 Å². The average Bonchev–Trinajstić information content (AvgIpc) is 2.74. The summed E-state index contributed by atoms with van der Waals surface area (Å²) in [6.07, 6.45) is 4.02. The fourth-order valence-electron chi connectivity index (χ4n) is 2.35. The Morgan fingerprint density at radius 1 is 1.65 bits per heavy atom. The average molecular weight is 239 g/mol. The summed E-state index contributed by atoms with van der Waals surface area (Å²) in [4.78, 5) is 16.0. The van der Waals surface area contributed by atoms with Crippen molar-refractivity contribution in [1.82, 2.24) is 15.1 Å². The number of carbonyl (C=O) groups excluding carboxylic acids is 1. The lowest BCUT2D eigenvalue weighted by molar-refractivity contribution is 0.205. The molecule has 1 saturated heterocycles. The van der Waals surface area contributed by atoms with E-state index in [1.54, 1.807) is 6.08 Å². The van der Waals surface area contributed by atoms with E-state index in [-0.39, 0.29) is 6.03 Å². The minimum Gasteiger partial charge on any atom is -0.335 e. The van der Waals surface area contributed by atoms with Gasteiger partial charge in [0, 0.05) is 26.2 Å². The summed E-state index contributed by atoms with van der Waals surface area (Å²) >= 11 is 0. The molecule has 1 aliphatic heterocycles. The summed E-state index contributed by atoms with van der Waals surface area (Å²) in [5, 5.41) is 2.83. The second-order valence-electron chi connectivity index (χ2n) is 4.84. The third-order valence-corrected chi connectivity index (χ3v) is 3.15. The van der Waals surface area contributed by atoms with Gasteiger partial charge in [0.05, 0.1) is 0 Å². The van der Waals surface area contributed by atoms with Crippen LogP contribution in [0.15, 0.2) is 12.7 Å². The smallest absolute Gasteiger partial charge is 0.317 e. The van der Waals surface area contributed by atoms with Gasteiger partial charge in [-0.15, -0.1) is 6.58 Å². The first-order valence-electron chi connectivity index (χ1n) is 6.49. The van der Waals surface area contributed by atoms with Crippen LogP contribution >= 0.6 is 0 Å². The maximum Gasteiger partial charge on any atom is 0.317 e. The van der Waals surface area contributed by atoms with E-state index in [0.717, 1.165) is 32.6 Å². The maximum absolute atomic E-state index is 11.7. The van der Waals surface area contributed by atoms with E-state index in [4.69, 9.17) is 0 Å². The van der Waals surface area contributed by atoms with Gasteiger partial charge in [-0.05, 0) is 32.4 Å². The van der Waals surface area contributed by atoms with Crippen LogP contribution in [-0.2, 0) is 0 Å². The predicted octanol–water partition coefficient (Wildman–Crippen LogP) is 1.55. The van der Waals surface area contributed by atoms with E-state index in [2.05, 4.69) is 30.8 Å². The number of likely N-dealkylation sites (tertiary alicyclic amines) is 1. The lowest BCUT2D eigenvalue weighted by Gasteiger charge is -2.21. The summed E-state index contributed by atoms with van der Waals surface area (Å²) < 4.78 is 0. The highest BCUT2D eigenvalue weighted by molar-refractivity contribution is 5.74. The van der Waals surface area contributed by atoms with E-state index >= 15 is 0 Å². The SMILES string of the molecule is C=CCNC(=O)N1CCC(CN(C)CCC)C1. The molecule has 2 amide bonds. The molecule has 0 aromatic heterocycles. The molecule has 1 rings (SSSR count). The highest BCUT2D eigenvalue weighted by atomic mass is 16.2. The van der Waals surface area contributed by atoms with Crippen LogP contribution in [-0.4, -0.2) is 55.6 Å². The van der Waals surface area contributed by atoms with E-state index in [1.165, 1.54) is 6.42 Å². The molecular weight excluding hydrogens is 214 g/mol. The third kappa shape index (κ3) is 4.77. The lowest BCUT2D eigenvalue weighted by Crippen LogP contribution is -2.39. The number of hydrogen-bond donors (Lipinski definition) is 1. The van der Waals surface area contributed by atoms with Gasteiger partial charge >= 0.3 is 6.03 Å². The number of hydrogen-bond acceptors (Lipinski definition) is 2. The van der Waals surface area contributed by atoms with Crippen LogP contribution in [0, 0.1) is 5.92 Å².